The number of aliphatic hydroxyl groups is 4. The summed E-state index contributed by atoms with van der Waals surface area (Å²) in [5.74, 6) is 16.5. The fourth-order valence-electron chi connectivity index (χ4n) is 13.2. The van der Waals surface area contributed by atoms with Gasteiger partial charge in [-0.1, -0.05) is 90.1 Å². The van der Waals surface area contributed by atoms with Crippen LogP contribution in [0.5, 0.6) is 0 Å². The Bertz CT molecular complexity index is 5680. The van der Waals surface area contributed by atoms with Crippen LogP contribution in [0.15, 0.2) is 116 Å². The summed E-state index contributed by atoms with van der Waals surface area (Å²) < 4.78 is 47.2. The molecule has 14 N–H and O–H groups in total. The third-order valence-corrected chi connectivity index (χ3v) is 21.7. The Kier molecular flexibility index (Phi) is 21.9. The molecule has 112 heavy (non-hydrogen) atoms. The second kappa shape index (κ2) is 31.0. The smallest absolute Gasteiger partial charge is 0.270 e. The van der Waals surface area contributed by atoms with E-state index in [1.165, 1.54) is 48.7 Å². The first-order chi connectivity index (χ1) is 53.0. The largest absolute Gasteiger partial charge is 0.375 e. The van der Waals surface area contributed by atoms with Gasteiger partial charge in [0.25, 0.3) is 41.4 Å². The Hall–Kier alpha value is -12.6. The van der Waals surface area contributed by atoms with E-state index in [0.29, 0.717) is 103 Å². The molecule has 4 atom stereocenters. The number of rotatable bonds is 9. The van der Waals surface area contributed by atoms with Crippen LogP contribution in [0.2, 0.25) is 0 Å². The molecule has 9 aromatic rings. The molecule has 5 aliphatic heterocycles. The highest BCUT2D eigenvalue weighted by Crippen LogP contribution is 2.39. The molecule has 4 saturated heterocycles. The molecule has 576 valence electrons. The first-order valence-electron chi connectivity index (χ1n) is 35.1. The van der Waals surface area contributed by atoms with Gasteiger partial charge in [0.05, 0.1) is 40.6 Å². The Morgan fingerprint density at radius 3 is 1.47 bits per heavy atom. The fourth-order valence-corrected chi connectivity index (χ4v) is 15.0. The standard InChI is InChI=1S/C21H20F2N4O2.C21H23N5O2.C19H18N6O3S.C18H16FN3O3S/c1-13-20(29,8-9-26(13)2)7-6-14-4-3-5-15(10-14)27-17-12-21(22,23)11-16(17)18(25-27)19(24)28;1-14-21(28,10-12-25(14)2)9-8-15-5-3-6-16(13-15)26-20-17(7-4-11-23-20)18(24-26)19(22)27;1-21-18-22-16-14(29-18)13(15(20)26)23-25(16)12-5-3-4-11(10-12)6-7-19(28)8-9-24(2)17(19)27;1-10-14(15(20)23)21-16(26-10)12-9-11(3-4-13(12)19)5-6-18(25)7-8-22(2)17(18)24/h3-5,10,29H,1,8-9,11-12H2,2H3,(H2,24,28);3,5-6,13,23,28H,1,4,7,10-12H2,2H3,(H2,22,27);3-5,10,28H,8-9H2,1-2H3,(H2,20,26)(H,21,22);3-4,9,25H,7-8H2,1-2H3,(H2,20,23)/t20-;21-;19-;18-/m0000/s1. The maximum absolute atomic E-state index is 14.2. The van der Waals surface area contributed by atoms with Crippen LogP contribution in [0, 0.1) is 60.1 Å². The number of primary amides is 4. The Balaban J connectivity index is 0.000000139. The molecule has 6 amide bonds. The summed E-state index contributed by atoms with van der Waals surface area (Å²) in [6.45, 7) is 12.6. The average molecular weight is 1560 g/mol. The molecule has 15 rings (SSSR count). The van der Waals surface area contributed by atoms with Gasteiger partial charge < -0.3 is 73.6 Å². The quantitative estimate of drug-likeness (QED) is 0.0870. The van der Waals surface area contributed by atoms with Crippen molar-refractivity contribution in [1.29, 1.82) is 0 Å². The number of nitrogens with two attached hydrogens (primary N) is 4. The predicted octanol–water partition coefficient (Wildman–Crippen LogP) is 4.77. The van der Waals surface area contributed by atoms with E-state index in [0.717, 1.165) is 59.9 Å². The highest BCUT2D eigenvalue weighted by atomic mass is 32.1. The van der Waals surface area contributed by atoms with E-state index >= 15 is 0 Å². The summed E-state index contributed by atoms with van der Waals surface area (Å²) in [6.07, 6.45) is 2.11. The number of halogens is 3. The number of aromatic nitrogens is 8. The molecule has 28 nitrogen and oxygen atoms in total. The topological polar surface area (TPSA) is 404 Å². The number of amides is 6. The molecule has 6 aliphatic rings. The lowest BCUT2D eigenvalue weighted by molar-refractivity contribution is -0.138. The van der Waals surface area contributed by atoms with Crippen LogP contribution in [-0.4, -0.2) is 211 Å². The predicted molar refractivity (Wildman–Crippen MR) is 413 cm³/mol. The van der Waals surface area contributed by atoms with E-state index < -0.39 is 82.4 Å². The third-order valence-electron chi connectivity index (χ3n) is 19.6. The van der Waals surface area contributed by atoms with Crippen molar-refractivity contribution in [2.45, 2.75) is 86.6 Å². The van der Waals surface area contributed by atoms with Crippen LogP contribution in [0.4, 0.5) is 24.1 Å². The van der Waals surface area contributed by atoms with Crippen molar-refractivity contribution in [3.8, 4) is 75.0 Å². The van der Waals surface area contributed by atoms with Crippen molar-refractivity contribution in [3.05, 3.63) is 188 Å². The molecule has 0 saturated carbocycles. The van der Waals surface area contributed by atoms with Crippen molar-refractivity contribution >= 4 is 79.4 Å². The van der Waals surface area contributed by atoms with Gasteiger partial charge in [-0.3, -0.25) is 28.8 Å². The normalized spacial score (nSPS) is 20.4. The molecule has 0 unspecified atom stereocenters. The van der Waals surface area contributed by atoms with Crippen LogP contribution in [0.3, 0.4) is 0 Å². The molecule has 33 heteroatoms. The van der Waals surface area contributed by atoms with Gasteiger partial charge in [0, 0.05) is 144 Å². The SMILES string of the molecule is C=C1N(C)CC[C@@]1(O)C#Cc1cccc(-n2nc(C(N)=O)c3c2CC(F)(F)C3)c1.C=C1N(C)CC[C@@]1(O)C#Cc1cccc(-n2nc(C(N)=O)c3c2NCCC3)c1.CNc1nc2c(s1)c(C(N)=O)nn2-c1cccc(C#C[C@]2(O)CCN(C)C2=O)c1.Cc1sc(-c2cc(C#C[C@]3(O)CCN(C)C3=O)ccc2F)nc1C(N)=O. The van der Waals surface area contributed by atoms with Crippen molar-refractivity contribution in [3.63, 3.8) is 0 Å². The molecule has 0 radical (unpaired) electrons. The van der Waals surface area contributed by atoms with Gasteiger partial charge in [-0.2, -0.15) is 20.3 Å². The lowest BCUT2D eigenvalue weighted by atomic mass is 10.0. The van der Waals surface area contributed by atoms with Crippen LogP contribution in [0.25, 0.3) is 38.0 Å². The van der Waals surface area contributed by atoms with Gasteiger partial charge in [0.2, 0.25) is 11.2 Å². The molecule has 5 aromatic heterocycles. The van der Waals surface area contributed by atoms with Crippen molar-refractivity contribution in [2.75, 3.05) is 78.6 Å². The molecule has 0 bridgehead atoms. The van der Waals surface area contributed by atoms with E-state index in [9.17, 15) is 62.4 Å². The number of benzene rings is 4. The van der Waals surface area contributed by atoms with E-state index in [4.69, 9.17) is 22.9 Å². The van der Waals surface area contributed by atoms with Gasteiger partial charge >= 0.3 is 0 Å². The number of aryl methyl sites for hydroxylation is 1. The third kappa shape index (κ3) is 16.1. The summed E-state index contributed by atoms with van der Waals surface area (Å²) in [7, 11) is 8.70. The number of fused-ring (bicyclic) bond motifs is 3. The molecule has 4 fully saturated rings. The monoisotopic (exact) mass is 1560 g/mol. The summed E-state index contributed by atoms with van der Waals surface area (Å²) in [5.41, 5.74) is 23.5. The molecular formula is C79H77F3N18O10S2. The highest BCUT2D eigenvalue weighted by molar-refractivity contribution is 7.22. The summed E-state index contributed by atoms with van der Waals surface area (Å²) in [5, 5.41) is 62.3. The number of carbonyl (C=O) groups excluding carboxylic acids is 6. The summed E-state index contributed by atoms with van der Waals surface area (Å²) >= 11 is 2.44. The number of thiazole rings is 2. The maximum atomic E-state index is 14.2. The first kappa shape index (κ1) is 79.0. The number of hydrogen-bond acceptors (Lipinski definition) is 21. The Labute approximate surface area is 648 Å². The number of nitrogens with zero attached hydrogens (tertiary/aromatic N) is 12. The van der Waals surface area contributed by atoms with Crippen LogP contribution in [-0.2, 0) is 28.9 Å². The molecule has 4 aromatic carbocycles. The number of nitrogens with one attached hydrogen (secondary N) is 2. The zero-order valence-corrected chi connectivity index (χ0v) is 63.3. The minimum Gasteiger partial charge on any atom is -0.375 e. The summed E-state index contributed by atoms with van der Waals surface area (Å²) in [4.78, 5) is 86.4. The second-order valence-corrected chi connectivity index (χ2v) is 29.8. The maximum Gasteiger partial charge on any atom is 0.270 e. The number of anilines is 2. The number of alkyl halides is 2. The number of likely N-dealkylation sites (tertiary alicyclic amines) is 4. The first-order valence-corrected chi connectivity index (χ1v) is 36.7. The van der Waals surface area contributed by atoms with E-state index in [1.54, 1.807) is 81.3 Å². The molecule has 0 spiro atoms. The number of likely N-dealkylation sites (N-methyl/N-ethyl adjacent to an activating group) is 4. The van der Waals surface area contributed by atoms with Crippen molar-refractivity contribution < 1.29 is 62.4 Å². The Morgan fingerprint density at radius 2 is 1.01 bits per heavy atom. The number of carbonyl (C=O) groups is 6. The average Bonchev–Trinajstić information content (AvgIpc) is 1.60. The number of hydrogen-bond donors (Lipinski definition) is 10. The van der Waals surface area contributed by atoms with Crippen LogP contribution in [0.1, 0.15) is 118 Å². The summed E-state index contributed by atoms with van der Waals surface area (Å²) in [6, 6.07) is 25.6. The van der Waals surface area contributed by atoms with E-state index in [-0.39, 0.29) is 46.7 Å². The fraction of sp³-hybridized carbons (Fsp3) is 0.304. The van der Waals surface area contributed by atoms with Crippen LogP contribution >= 0.6 is 22.7 Å². The lowest BCUT2D eigenvalue weighted by Gasteiger charge is -2.19. The Morgan fingerprint density at radius 1 is 0.562 bits per heavy atom. The van der Waals surface area contributed by atoms with Crippen molar-refractivity contribution in [1.82, 2.24) is 58.9 Å². The zero-order valence-electron chi connectivity index (χ0n) is 61.6. The van der Waals surface area contributed by atoms with Gasteiger partial charge in [0.15, 0.2) is 39.1 Å². The van der Waals surface area contributed by atoms with Gasteiger partial charge in [-0.15, -0.1) is 11.3 Å². The van der Waals surface area contributed by atoms with Crippen LogP contribution < -0.4 is 33.6 Å². The molecule has 1 aliphatic carbocycles. The minimum atomic E-state index is -2.94. The molecular weight excluding hydrogens is 1480 g/mol. The second-order valence-electron chi connectivity index (χ2n) is 27.6. The van der Waals surface area contributed by atoms with Gasteiger partial charge in [0.1, 0.15) is 27.0 Å². The highest BCUT2D eigenvalue weighted by Gasteiger charge is 2.46. The van der Waals surface area contributed by atoms with Crippen molar-refractivity contribution in [2.24, 2.45) is 22.9 Å². The molecule has 10 heterocycles. The lowest BCUT2D eigenvalue weighted by Crippen LogP contribution is -2.37. The van der Waals surface area contributed by atoms with Gasteiger partial charge in [-0.05, 0) is 92.6 Å². The minimum absolute atomic E-state index is 0.106. The zero-order chi connectivity index (χ0) is 80.7. The van der Waals surface area contributed by atoms with E-state index in [1.807, 2.05) is 48.2 Å². The van der Waals surface area contributed by atoms with E-state index in [2.05, 4.69) is 96.4 Å². The van der Waals surface area contributed by atoms with Gasteiger partial charge in [-0.25, -0.2) is 32.2 Å².